The molecule has 0 aliphatic heterocycles. The van der Waals surface area contributed by atoms with Crippen molar-refractivity contribution in [1.29, 1.82) is 0 Å². The van der Waals surface area contributed by atoms with Crippen LogP contribution in [0.1, 0.15) is 6.92 Å². The Labute approximate surface area is 65.5 Å². The number of carbonyl (C=O) groups is 1. The van der Waals surface area contributed by atoms with Crippen LogP contribution in [-0.2, 0) is 4.79 Å². The van der Waals surface area contributed by atoms with Gasteiger partial charge in [0.05, 0.1) is 0 Å². The lowest BCUT2D eigenvalue weighted by molar-refractivity contribution is -0.156. The van der Waals surface area contributed by atoms with Crippen LogP contribution in [0.3, 0.4) is 0 Å². The molecule has 64 valence electrons. The van der Waals surface area contributed by atoms with Crippen molar-refractivity contribution in [2.24, 2.45) is 0 Å². The fourth-order valence-corrected chi connectivity index (χ4v) is 0.493. The Hall–Kier alpha value is -0.870. The van der Waals surface area contributed by atoms with Gasteiger partial charge < -0.3 is 15.5 Å². The molecule has 1 unspecified atom stereocenters. The highest BCUT2D eigenvalue weighted by Gasteiger charge is 2.28. The summed E-state index contributed by atoms with van der Waals surface area (Å²) in [6.45, 7) is 5.19. The van der Waals surface area contributed by atoms with Crippen LogP contribution in [0.4, 0.5) is 0 Å². The van der Waals surface area contributed by atoms with Gasteiger partial charge in [-0.15, -0.1) is 6.58 Å². The zero-order valence-corrected chi connectivity index (χ0v) is 6.50. The lowest BCUT2D eigenvalue weighted by Crippen LogP contribution is -2.44. The summed E-state index contributed by atoms with van der Waals surface area (Å²) in [5.41, 5.74) is -1.69. The first kappa shape index (κ1) is 10.1. The number of carboxylic acid groups (broad SMARTS) is 1. The third-order valence-corrected chi connectivity index (χ3v) is 1.22. The number of carboxylic acids is 1. The van der Waals surface area contributed by atoms with E-state index in [9.17, 15) is 4.79 Å². The van der Waals surface area contributed by atoms with Gasteiger partial charge in [-0.05, 0) is 6.92 Å². The molecule has 0 saturated heterocycles. The Morgan fingerprint density at radius 2 is 2.36 bits per heavy atom. The molecule has 0 aromatic heterocycles. The van der Waals surface area contributed by atoms with Crippen molar-refractivity contribution in [2.75, 3.05) is 13.1 Å². The fourth-order valence-electron chi connectivity index (χ4n) is 0.493. The van der Waals surface area contributed by atoms with Gasteiger partial charge in [0.2, 0.25) is 0 Å². The van der Waals surface area contributed by atoms with Crippen molar-refractivity contribution in [3.8, 4) is 0 Å². The van der Waals surface area contributed by atoms with Gasteiger partial charge in [-0.3, -0.25) is 0 Å². The first-order valence-electron chi connectivity index (χ1n) is 3.28. The number of hydrogen-bond donors (Lipinski definition) is 3. The minimum Gasteiger partial charge on any atom is -0.479 e. The maximum atomic E-state index is 10.3. The predicted octanol–water partition coefficient (Wildman–Crippen LogP) is -0.402. The maximum Gasteiger partial charge on any atom is 0.336 e. The third-order valence-electron chi connectivity index (χ3n) is 1.22. The number of nitrogens with one attached hydrogen (secondary N) is 1. The Balaban J connectivity index is 3.72. The summed E-state index contributed by atoms with van der Waals surface area (Å²) < 4.78 is 0. The van der Waals surface area contributed by atoms with Crippen molar-refractivity contribution >= 4 is 5.97 Å². The van der Waals surface area contributed by atoms with Gasteiger partial charge in [-0.25, -0.2) is 4.79 Å². The van der Waals surface area contributed by atoms with Crippen molar-refractivity contribution in [3.05, 3.63) is 12.7 Å². The van der Waals surface area contributed by atoms with Crippen LogP contribution in [0.2, 0.25) is 0 Å². The summed E-state index contributed by atoms with van der Waals surface area (Å²) in [7, 11) is 0. The summed E-state index contributed by atoms with van der Waals surface area (Å²) in [5.74, 6) is -1.23. The van der Waals surface area contributed by atoms with Gasteiger partial charge in [0.15, 0.2) is 5.60 Å². The highest BCUT2D eigenvalue weighted by atomic mass is 16.4. The van der Waals surface area contributed by atoms with Crippen molar-refractivity contribution in [1.82, 2.24) is 5.32 Å². The molecule has 0 saturated carbocycles. The van der Waals surface area contributed by atoms with E-state index >= 15 is 0 Å². The molecule has 0 heterocycles. The number of aliphatic hydroxyl groups is 1. The molecule has 3 N–H and O–H groups in total. The molecular weight excluding hydrogens is 146 g/mol. The first-order valence-corrected chi connectivity index (χ1v) is 3.28. The van der Waals surface area contributed by atoms with Crippen molar-refractivity contribution in [2.45, 2.75) is 12.5 Å². The highest BCUT2D eigenvalue weighted by Crippen LogP contribution is 1.99. The van der Waals surface area contributed by atoms with Gasteiger partial charge in [0.25, 0.3) is 0 Å². The van der Waals surface area contributed by atoms with E-state index < -0.39 is 11.6 Å². The van der Waals surface area contributed by atoms with Crippen LogP contribution in [0, 0.1) is 0 Å². The maximum absolute atomic E-state index is 10.3. The third kappa shape index (κ3) is 3.75. The zero-order valence-electron chi connectivity index (χ0n) is 6.50. The van der Waals surface area contributed by atoms with E-state index in [1.807, 2.05) is 0 Å². The monoisotopic (exact) mass is 159 g/mol. The van der Waals surface area contributed by atoms with Gasteiger partial charge in [0.1, 0.15) is 0 Å². The molecule has 0 rings (SSSR count). The van der Waals surface area contributed by atoms with E-state index in [0.717, 1.165) is 0 Å². The quantitative estimate of drug-likeness (QED) is 0.377. The molecule has 11 heavy (non-hydrogen) atoms. The molecule has 4 nitrogen and oxygen atoms in total. The molecule has 0 fully saturated rings. The second-order valence-corrected chi connectivity index (χ2v) is 2.50. The second kappa shape index (κ2) is 4.10. The van der Waals surface area contributed by atoms with Crippen LogP contribution in [0.15, 0.2) is 12.7 Å². The normalized spacial score (nSPS) is 15.5. The topological polar surface area (TPSA) is 69.6 Å². The lowest BCUT2D eigenvalue weighted by Gasteiger charge is -2.17. The molecule has 0 bridgehead atoms. The summed E-state index contributed by atoms with van der Waals surface area (Å²) >= 11 is 0. The van der Waals surface area contributed by atoms with Crippen LogP contribution in [0.5, 0.6) is 0 Å². The Bertz CT molecular complexity index is 154. The highest BCUT2D eigenvalue weighted by molar-refractivity contribution is 5.76. The van der Waals surface area contributed by atoms with Crippen molar-refractivity contribution in [3.63, 3.8) is 0 Å². The number of rotatable bonds is 5. The zero-order chi connectivity index (χ0) is 8.91. The Morgan fingerprint density at radius 1 is 1.82 bits per heavy atom. The summed E-state index contributed by atoms with van der Waals surface area (Å²) in [4.78, 5) is 10.3. The lowest BCUT2D eigenvalue weighted by atomic mass is 10.1. The van der Waals surface area contributed by atoms with Gasteiger partial charge in [-0.2, -0.15) is 0 Å². The fraction of sp³-hybridized carbons (Fsp3) is 0.571. The Kier molecular flexibility index (Phi) is 3.78. The van der Waals surface area contributed by atoms with Crippen LogP contribution < -0.4 is 5.32 Å². The smallest absolute Gasteiger partial charge is 0.336 e. The summed E-state index contributed by atoms with van der Waals surface area (Å²) in [6.07, 6.45) is 1.60. The molecule has 0 aliphatic rings. The standard InChI is InChI=1S/C7H13NO3/c1-3-4-8-5-7(2,11)6(9)10/h3,8,11H,1,4-5H2,2H3,(H,9,10). The molecule has 4 heteroatoms. The van der Waals surface area contributed by atoms with E-state index in [1.165, 1.54) is 6.92 Å². The van der Waals surface area contributed by atoms with E-state index in [1.54, 1.807) is 6.08 Å². The SMILES string of the molecule is C=CCNCC(C)(O)C(=O)O. The second-order valence-electron chi connectivity index (χ2n) is 2.50. The van der Waals surface area contributed by atoms with E-state index in [2.05, 4.69) is 11.9 Å². The van der Waals surface area contributed by atoms with Gasteiger partial charge in [0, 0.05) is 13.1 Å². The van der Waals surface area contributed by atoms with Gasteiger partial charge >= 0.3 is 5.97 Å². The number of aliphatic carboxylic acids is 1. The first-order chi connectivity index (χ1) is 5.00. The Morgan fingerprint density at radius 3 is 2.73 bits per heavy atom. The van der Waals surface area contributed by atoms with Gasteiger partial charge in [-0.1, -0.05) is 6.08 Å². The van der Waals surface area contributed by atoms with E-state index in [0.29, 0.717) is 6.54 Å². The van der Waals surface area contributed by atoms with Crippen LogP contribution >= 0.6 is 0 Å². The van der Waals surface area contributed by atoms with E-state index in [4.69, 9.17) is 10.2 Å². The minimum absolute atomic E-state index is 0.0222. The van der Waals surface area contributed by atoms with Crippen LogP contribution in [0.25, 0.3) is 0 Å². The molecule has 0 spiro atoms. The predicted molar refractivity (Wildman–Crippen MR) is 41.3 cm³/mol. The molecular formula is C7H13NO3. The summed E-state index contributed by atoms with van der Waals surface area (Å²) in [6, 6.07) is 0. The van der Waals surface area contributed by atoms with Crippen molar-refractivity contribution < 1.29 is 15.0 Å². The average molecular weight is 159 g/mol. The molecule has 1 atom stereocenters. The van der Waals surface area contributed by atoms with E-state index in [-0.39, 0.29) is 6.54 Å². The van der Waals surface area contributed by atoms with Crippen LogP contribution in [-0.4, -0.2) is 34.9 Å². The molecule has 0 aromatic rings. The molecule has 0 aliphatic carbocycles. The molecule has 0 radical (unpaired) electrons. The molecule has 0 aromatic carbocycles. The summed E-state index contributed by atoms with van der Waals surface area (Å²) in [5, 5.41) is 20.3. The minimum atomic E-state index is -1.69. The average Bonchev–Trinajstić information content (AvgIpc) is 1.88. The number of hydrogen-bond acceptors (Lipinski definition) is 3. The largest absolute Gasteiger partial charge is 0.479 e. The molecule has 0 amide bonds.